The Morgan fingerprint density at radius 1 is 1.06 bits per heavy atom. The van der Waals surface area contributed by atoms with Crippen LogP contribution in [0.3, 0.4) is 0 Å². The minimum absolute atomic E-state index is 0.00392. The summed E-state index contributed by atoms with van der Waals surface area (Å²) in [7, 11) is 1.52. The Bertz CT molecular complexity index is 973. The van der Waals surface area contributed by atoms with Crippen LogP contribution in [0.1, 0.15) is 23.1 Å². The number of methoxy groups -OCH3 is 1. The summed E-state index contributed by atoms with van der Waals surface area (Å²) in [6.07, 6.45) is 4.31. The quantitative estimate of drug-likeness (QED) is 0.642. The van der Waals surface area contributed by atoms with Gasteiger partial charge >= 0.3 is 0 Å². The highest BCUT2D eigenvalue weighted by Gasteiger charge is 2.18. The summed E-state index contributed by atoms with van der Waals surface area (Å²) in [5.41, 5.74) is 8.56. The van der Waals surface area contributed by atoms with Gasteiger partial charge in [0.15, 0.2) is 18.1 Å². The Morgan fingerprint density at radius 2 is 1.88 bits per heavy atom. The largest absolute Gasteiger partial charge is 0.493 e. The molecule has 32 heavy (non-hydrogen) atoms. The zero-order valence-corrected chi connectivity index (χ0v) is 18.8. The third-order valence-electron chi connectivity index (χ3n) is 5.53. The van der Waals surface area contributed by atoms with E-state index in [1.54, 1.807) is 30.4 Å². The van der Waals surface area contributed by atoms with Gasteiger partial charge in [-0.15, -0.1) is 0 Å². The minimum Gasteiger partial charge on any atom is -0.493 e. The van der Waals surface area contributed by atoms with Crippen LogP contribution in [0.25, 0.3) is 6.08 Å². The van der Waals surface area contributed by atoms with Crippen molar-refractivity contribution in [1.82, 2.24) is 9.80 Å². The molecule has 0 spiro atoms. The summed E-state index contributed by atoms with van der Waals surface area (Å²) >= 11 is 0. The number of amides is 2. The summed E-state index contributed by atoms with van der Waals surface area (Å²) in [6, 6.07) is 13.7. The van der Waals surface area contributed by atoms with Crippen molar-refractivity contribution in [3.63, 3.8) is 0 Å². The molecule has 7 heteroatoms. The molecule has 0 aliphatic carbocycles. The standard InChI is InChI=1S/C25H31N3O4/c1-19-6-3-4-7-21(19)17-27-12-5-13-28(15-14-27)25(30)11-9-20-8-10-22(23(16-20)31-2)32-18-24(26)29/h3-4,6-11,16H,5,12-15,17-18H2,1-2H3,(H2,26,29)/b11-9+. The van der Waals surface area contributed by atoms with Crippen molar-refractivity contribution in [3.05, 3.63) is 65.2 Å². The molecule has 0 bridgehead atoms. The molecule has 2 aromatic rings. The van der Waals surface area contributed by atoms with E-state index in [9.17, 15) is 9.59 Å². The Hall–Kier alpha value is -3.32. The normalized spacial score (nSPS) is 14.9. The topological polar surface area (TPSA) is 85.1 Å². The summed E-state index contributed by atoms with van der Waals surface area (Å²) in [5.74, 6) is 0.339. The van der Waals surface area contributed by atoms with Gasteiger partial charge in [-0.3, -0.25) is 14.5 Å². The molecular formula is C25H31N3O4. The van der Waals surface area contributed by atoms with Gasteiger partial charge < -0.3 is 20.1 Å². The molecule has 0 saturated carbocycles. The number of nitrogens with zero attached hydrogens (tertiary/aromatic N) is 2. The minimum atomic E-state index is -0.559. The monoisotopic (exact) mass is 437 g/mol. The molecule has 0 unspecified atom stereocenters. The Labute approximate surface area is 189 Å². The van der Waals surface area contributed by atoms with Crippen molar-refractivity contribution in [2.24, 2.45) is 5.73 Å². The first-order chi connectivity index (χ1) is 15.5. The van der Waals surface area contributed by atoms with E-state index < -0.39 is 5.91 Å². The van der Waals surface area contributed by atoms with E-state index in [-0.39, 0.29) is 12.5 Å². The summed E-state index contributed by atoms with van der Waals surface area (Å²) < 4.78 is 10.7. The zero-order valence-electron chi connectivity index (χ0n) is 18.8. The van der Waals surface area contributed by atoms with E-state index >= 15 is 0 Å². The first kappa shape index (κ1) is 23.3. The molecular weight excluding hydrogens is 406 g/mol. The van der Waals surface area contributed by atoms with Gasteiger partial charge in [-0.2, -0.15) is 0 Å². The molecule has 3 rings (SSSR count). The fourth-order valence-corrected chi connectivity index (χ4v) is 3.71. The van der Waals surface area contributed by atoms with Crippen LogP contribution in [0.15, 0.2) is 48.5 Å². The lowest BCUT2D eigenvalue weighted by Crippen LogP contribution is -2.34. The maximum absolute atomic E-state index is 12.8. The first-order valence-corrected chi connectivity index (χ1v) is 10.8. The van der Waals surface area contributed by atoms with Crippen molar-refractivity contribution in [2.45, 2.75) is 19.9 Å². The van der Waals surface area contributed by atoms with Gasteiger partial charge in [0.1, 0.15) is 0 Å². The summed E-state index contributed by atoms with van der Waals surface area (Å²) in [5, 5.41) is 0. The Balaban J connectivity index is 1.57. The number of carbonyl (C=O) groups excluding carboxylic acids is 2. The fourth-order valence-electron chi connectivity index (χ4n) is 3.71. The number of ether oxygens (including phenoxy) is 2. The smallest absolute Gasteiger partial charge is 0.255 e. The van der Waals surface area contributed by atoms with Gasteiger partial charge in [0.2, 0.25) is 5.91 Å². The SMILES string of the molecule is COc1cc(/C=C/C(=O)N2CCCN(Cc3ccccc3C)CC2)ccc1OCC(N)=O. The van der Waals surface area contributed by atoms with E-state index in [4.69, 9.17) is 15.2 Å². The molecule has 2 amide bonds. The predicted molar refractivity (Wildman–Crippen MR) is 124 cm³/mol. The number of carbonyl (C=O) groups is 2. The molecule has 0 aromatic heterocycles. The van der Waals surface area contributed by atoms with Gasteiger partial charge in [0.25, 0.3) is 5.91 Å². The van der Waals surface area contributed by atoms with Crippen molar-refractivity contribution in [1.29, 1.82) is 0 Å². The van der Waals surface area contributed by atoms with E-state index in [0.29, 0.717) is 18.0 Å². The van der Waals surface area contributed by atoms with Crippen LogP contribution < -0.4 is 15.2 Å². The van der Waals surface area contributed by atoms with Crippen molar-refractivity contribution in [3.8, 4) is 11.5 Å². The van der Waals surface area contributed by atoms with Crippen LogP contribution in [-0.2, 0) is 16.1 Å². The molecule has 1 fully saturated rings. The van der Waals surface area contributed by atoms with Crippen LogP contribution in [0.4, 0.5) is 0 Å². The Morgan fingerprint density at radius 3 is 2.62 bits per heavy atom. The van der Waals surface area contributed by atoms with E-state index in [2.05, 4.69) is 36.1 Å². The maximum Gasteiger partial charge on any atom is 0.255 e. The maximum atomic E-state index is 12.8. The van der Waals surface area contributed by atoms with Crippen LogP contribution in [0.2, 0.25) is 0 Å². The lowest BCUT2D eigenvalue weighted by atomic mass is 10.1. The molecule has 170 valence electrons. The fraction of sp³-hybridized carbons (Fsp3) is 0.360. The summed E-state index contributed by atoms with van der Waals surface area (Å²) in [6.45, 7) is 6.11. The lowest BCUT2D eigenvalue weighted by Gasteiger charge is -2.22. The number of hydrogen-bond donors (Lipinski definition) is 1. The first-order valence-electron chi connectivity index (χ1n) is 10.8. The van der Waals surface area contributed by atoms with Crippen LogP contribution in [0.5, 0.6) is 11.5 Å². The van der Waals surface area contributed by atoms with Crippen LogP contribution in [0, 0.1) is 6.92 Å². The third kappa shape index (κ3) is 6.59. The molecule has 0 atom stereocenters. The van der Waals surface area contributed by atoms with Crippen LogP contribution >= 0.6 is 0 Å². The second-order valence-corrected chi connectivity index (χ2v) is 7.88. The van der Waals surface area contributed by atoms with E-state index in [0.717, 1.165) is 38.2 Å². The highest BCUT2D eigenvalue weighted by molar-refractivity contribution is 5.92. The molecule has 2 aromatic carbocycles. The average molecular weight is 438 g/mol. The highest BCUT2D eigenvalue weighted by Crippen LogP contribution is 2.28. The van der Waals surface area contributed by atoms with Gasteiger partial charge in [-0.25, -0.2) is 0 Å². The number of aryl methyl sites for hydroxylation is 1. The van der Waals surface area contributed by atoms with Crippen molar-refractivity contribution in [2.75, 3.05) is 39.9 Å². The number of benzene rings is 2. The number of primary amides is 1. The predicted octanol–water partition coefficient (Wildman–Crippen LogP) is 2.62. The average Bonchev–Trinajstić information content (AvgIpc) is 3.03. The molecule has 1 heterocycles. The van der Waals surface area contributed by atoms with Crippen molar-refractivity contribution >= 4 is 17.9 Å². The van der Waals surface area contributed by atoms with Gasteiger partial charge in [0, 0.05) is 38.8 Å². The second kappa shape index (κ2) is 11.3. The summed E-state index contributed by atoms with van der Waals surface area (Å²) in [4.78, 5) is 28.0. The second-order valence-electron chi connectivity index (χ2n) is 7.88. The van der Waals surface area contributed by atoms with Crippen LogP contribution in [-0.4, -0.2) is 61.5 Å². The highest BCUT2D eigenvalue weighted by atomic mass is 16.5. The van der Waals surface area contributed by atoms with Gasteiger partial charge in [-0.1, -0.05) is 30.3 Å². The van der Waals surface area contributed by atoms with E-state index in [1.165, 1.54) is 18.2 Å². The molecule has 1 aliphatic heterocycles. The van der Waals surface area contributed by atoms with Crippen molar-refractivity contribution < 1.29 is 19.1 Å². The van der Waals surface area contributed by atoms with Gasteiger partial charge in [-0.05, 0) is 48.2 Å². The number of hydrogen-bond acceptors (Lipinski definition) is 5. The molecule has 1 saturated heterocycles. The number of nitrogens with two attached hydrogens (primary N) is 1. The zero-order chi connectivity index (χ0) is 22.9. The van der Waals surface area contributed by atoms with E-state index in [1.807, 2.05) is 4.90 Å². The molecule has 0 radical (unpaired) electrons. The lowest BCUT2D eigenvalue weighted by molar-refractivity contribution is -0.125. The third-order valence-corrected chi connectivity index (χ3v) is 5.53. The molecule has 2 N–H and O–H groups in total. The Kier molecular flexibility index (Phi) is 8.27. The molecule has 7 nitrogen and oxygen atoms in total. The molecule has 1 aliphatic rings. The number of rotatable bonds is 8. The van der Waals surface area contributed by atoms with Gasteiger partial charge in [0.05, 0.1) is 7.11 Å².